The Labute approximate surface area is 133 Å². The van der Waals surface area contributed by atoms with Crippen LogP contribution in [0.4, 0.5) is 5.69 Å². The number of anilines is 1. The molecule has 1 fully saturated rings. The van der Waals surface area contributed by atoms with Gasteiger partial charge in [0.05, 0.1) is 11.6 Å². The number of aromatic nitrogens is 1. The molecular weight excluding hydrogens is 268 g/mol. The van der Waals surface area contributed by atoms with Crippen molar-refractivity contribution in [3.8, 4) is 0 Å². The van der Waals surface area contributed by atoms with Gasteiger partial charge in [-0.25, -0.2) is 0 Å². The maximum Gasteiger partial charge on any atom is 0.0679 e. The first kappa shape index (κ1) is 13.9. The molecule has 1 aliphatic carbocycles. The minimum absolute atomic E-state index is 0.223. The van der Waals surface area contributed by atoms with Crippen molar-refractivity contribution < 1.29 is 0 Å². The molecule has 2 heteroatoms. The van der Waals surface area contributed by atoms with Crippen LogP contribution in [0.3, 0.4) is 0 Å². The Morgan fingerprint density at radius 1 is 1.05 bits per heavy atom. The van der Waals surface area contributed by atoms with Crippen molar-refractivity contribution in [3.63, 3.8) is 0 Å². The second kappa shape index (κ2) is 4.91. The van der Waals surface area contributed by atoms with Crippen molar-refractivity contribution in [2.45, 2.75) is 57.5 Å². The Morgan fingerprint density at radius 3 is 2.50 bits per heavy atom. The number of hydrogen-bond donors (Lipinski definition) is 0. The van der Waals surface area contributed by atoms with Crippen LogP contribution < -0.4 is 4.90 Å². The zero-order chi connectivity index (χ0) is 15.3. The van der Waals surface area contributed by atoms with Crippen molar-refractivity contribution in [1.82, 2.24) is 4.57 Å². The predicted molar refractivity (Wildman–Crippen MR) is 92.2 cm³/mol. The Kier molecular flexibility index (Phi) is 3.11. The summed E-state index contributed by atoms with van der Waals surface area (Å²) >= 11 is 0. The van der Waals surface area contributed by atoms with Crippen LogP contribution in [0.5, 0.6) is 0 Å². The van der Waals surface area contributed by atoms with Crippen LogP contribution in [0.15, 0.2) is 36.5 Å². The quantitative estimate of drug-likeness (QED) is 0.712. The molecule has 4 rings (SSSR count). The highest BCUT2D eigenvalue weighted by molar-refractivity contribution is 5.63. The van der Waals surface area contributed by atoms with Gasteiger partial charge in [-0.1, -0.05) is 37.5 Å². The number of benzene rings is 1. The van der Waals surface area contributed by atoms with E-state index in [9.17, 15) is 0 Å². The van der Waals surface area contributed by atoms with Crippen LogP contribution in [0.2, 0.25) is 0 Å². The van der Waals surface area contributed by atoms with E-state index in [4.69, 9.17) is 0 Å². The van der Waals surface area contributed by atoms with Gasteiger partial charge in [-0.2, -0.15) is 0 Å². The summed E-state index contributed by atoms with van der Waals surface area (Å²) in [5.74, 6) is 0. The summed E-state index contributed by atoms with van der Waals surface area (Å²) in [5, 5.41) is 0. The largest absolute Gasteiger partial charge is 0.353 e. The van der Waals surface area contributed by atoms with E-state index in [2.05, 4.69) is 66.9 Å². The molecule has 0 bridgehead atoms. The zero-order valence-electron chi connectivity index (χ0n) is 14.0. The average Bonchev–Trinajstić information content (AvgIpc) is 3.01. The maximum absolute atomic E-state index is 2.74. The minimum atomic E-state index is 0.223. The predicted octanol–water partition coefficient (Wildman–Crippen LogP) is 5.07. The molecule has 1 unspecified atom stereocenters. The molecule has 1 aromatic heterocycles. The van der Waals surface area contributed by atoms with Gasteiger partial charge in [-0.3, -0.25) is 0 Å². The number of para-hydroxylation sites is 1. The standard InChI is InChI=1S/C20H26N2/c1-15-9-5-6-10-18(15)22-16(2)19-17(11-14-21(19)3)20(22)12-7-4-8-13-20/h5-6,9-11,14,16H,4,7-8,12-13H2,1-3H3. The van der Waals surface area contributed by atoms with Gasteiger partial charge >= 0.3 is 0 Å². The lowest BCUT2D eigenvalue weighted by atomic mass is 9.77. The van der Waals surface area contributed by atoms with Gasteiger partial charge in [-0.15, -0.1) is 0 Å². The summed E-state index contributed by atoms with van der Waals surface area (Å²) in [6.07, 6.45) is 8.94. The summed E-state index contributed by atoms with van der Waals surface area (Å²) in [6, 6.07) is 11.7. The van der Waals surface area contributed by atoms with Crippen LogP contribution in [0.1, 0.15) is 61.9 Å². The second-order valence-electron chi connectivity index (χ2n) is 7.15. The zero-order valence-corrected chi connectivity index (χ0v) is 14.0. The van der Waals surface area contributed by atoms with Gasteiger partial charge in [0.25, 0.3) is 0 Å². The van der Waals surface area contributed by atoms with Gasteiger partial charge in [0, 0.05) is 30.2 Å². The highest BCUT2D eigenvalue weighted by Gasteiger charge is 2.50. The topological polar surface area (TPSA) is 8.17 Å². The fourth-order valence-electron chi connectivity index (χ4n) is 5.00. The molecule has 2 aromatic rings. The van der Waals surface area contributed by atoms with Gasteiger partial charge in [-0.05, 0) is 44.4 Å². The van der Waals surface area contributed by atoms with Crippen LogP contribution in [-0.4, -0.2) is 4.57 Å². The third-order valence-corrected chi connectivity index (χ3v) is 5.92. The van der Waals surface area contributed by atoms with Crippen molar-refractivity contribution >= 4 is 5.69 Å². The number of aryl methyl sites for hydroxylation is 2. The molecule has 2 heterocycles. The van der Waals surface area contributed by atoms with E-state index in [1.165, 1.54) is 49.0 Å². The molecule has 0 N–H and O–H groups in total. The number of nitrogens with zero attached hydrogens (tertiary/aromatic N) is 2. The fraction of sp³-hybridized carbons (Fsp3) is 0.500. The van der Waals surface area contributed by atoms with Crippen LogP contribution >= 0.6 is 0 Å². The van der Waals surface area contributed by atoms with Gasteiger partial charge < -0.3 is 9.47 Å². The van der Waals surface area contributed by atoms with Gasteiger partial charge in [0.2, 0.25) is 0 Å². The summed E-state index contributed by atoms with van der Waals surface area (Å²) < 4.78 is 2.34. The monoisotopic (exact) mass is 294 g/mol. The Bertz CT molecular complexity index is 691. The SMILES string of the molecule is Cc1ccccc1N1C(C)c2c(ccn2C)C12CCCCC2. The molecule has 2 aliphatic rings. The summed E-state index contributed by atoms with van der Waals surface area (Å²) in [5.41, 5.74) is 6.15. The van der Waals surface area contributed by atoms with Crippen molar-refractivity contribution in [2.75, 3.05) is 4.90 Å². The summed E-state index contributed by atoms with van der Waals surface area (Å²) in [7, 11) is 2.20. The number of hydrogen-bond acceptors (Lipinski definition) is 1. The summed E-state index contributed by atoms with van der Waals surface area (Å²) in [6.45, 7) is 4.64. The molecule has 1 atom stereocenters. The fourth-order valence-corrected chi connectivity index (χ4v) is 5.00. The maximum atomic E-state index is 2.74. The normalized spacial score (nSPS) is 23.0. The Hall–Kier alpha value is -1.70. The molecular formula is C20H26N2. The van der Waals surface area contributed by atoms with Crippen molar-refractivity contribution in [3.05, 3.63) is 53.3 Å². The van der Waals surface area contributed by atoms with Crippen molar-refractivity contribution in [1.29, 1.82) is 0 Å². The molecule has 1 saturated carbocycles. The highest BCUT2D eigenvalue weighted by atomic mass is 15.3. The lowest BCUT2D eigenvalue weighted by molar-refractivity contribution is 0.283. The molecule has 1 spiro atoms. The molecule has 0 amide bonds. The Morgan fingerprint density at radius 2 is 1.77 bits per heavy atom. The first-order chi connectivity index (χ1) is 10.6. The van der Waals surface area contributed by atoms with Gasteiger partial charge in [0.15, 0.2) is 0 Å². The van der Waals surface area contributed by atoms with E-state index in [1.54, 1.807) is 5.56 Å². The third-order valence-electron chi connectivity index (χ3n) is 5.92. The second-order valence-corrected chi connectivity index (χ2v) is 7.15. The van der Waals surface area contributed by atoms with E-state index in [0.29, 0.717) is 6.04 Å². The first-order valence-corrected chi connectivity index (χ1v) is 8.66. The van der Waals surface area contributed by atoms with Crippen LogP contribution in [0, 0.1) is 6.92 Å². The van der Waals surface area contributed by atoms with E-state index >= 15 is 0 Å². The molecule has 0 saturated heterocycles. The highest BCUT2D eigenvalue weighted by Crippen LogP contribution is 2.55. The Balaban J connectivity index is 1.92. The van der Waals surface area contributed by atoms with Crippen molar-refractivity contribution in [2.24, 2.45) is 7.05 Å². The van der Waals surface area contributed by atoms with Gasteiger partial charge in [0.1, 0.15) is 0 Å². The summed E-state index contributed by atoms with van der Waals surface area (Å²) in [4.78, 5) is 2.74. The van der Waals surface area contributed by atoms with E-state index in [0.717, 1.165) is 0 Å². The molecule has 22 heavy (non-hydrogen) atoms. The number of rotatable bonds is 1. The minimum Gasteiger partial charge on any atom is -0.353 e. The average molecular weight is 294 g/mol. The third kappa shape index (κ3) is 1.73. The van der Waals surface area contributed by atoms with Crippen LogP contribution in [-0.2, 0) is 12.6 Å². The molecule has 116 valence electrons. The van der Waals surface area contributed by atoms with E-state index in [1.807, 2.05) is 0 Å². The first-order valence-electron chi connectivity index (χ1n) is 8.66. The molecule has 1 aliphatic heterocycles. The molecule has 1 aromatic carbocycles. The number of fused-ring (bicyclic) bond motifs is 2. The van der Waals surface area contributed by atoms with E-state index in [-0.39, 0.29) is 5.54 Å². The smallest absolute Gasteiger partial charge is 0.0679 e. The van der Waals surface area contributed by atoms with E-state index < -0.39 is 0 Å². The lowest BCUT2D eigenvalue weighted by Gasteiger charge is -2.46. The molecule has 2 nitrogen and oxygen atoms in total. The lowest BCUT2D eigenvalue weighted by Crippen LogP contribution is -2.44. The van der Waals surface area contributed by atoms with Crippen LogP contribution in [0.25, 0.3) is 0 Å². The molecule has 0 radical (unpaired) electrons.